The summed E-state index contributed by atoms with van der Waals surface area (Å²) in [6, 6.07) is -1.57. The summed E-state index contributed by atoms with van der Waals surface area (Å²) in [6.45, 7) is 17.1. The number of rotatable bonds is 12. The molecule has 1 saturated carbocycles. The molecule has 0 aromatic heterocycles. The van der Waals surface area contributed by atoms with E-state index in [1.54, 1.807) is 44.7 Å². The van der Waals surface area contributed by atoms with Gasteiger partial charge in [-0.05, 0) is 58.8 Å². The second-order valence-electron chi connectivity index (χ2n) is 10.4. The first-order valence-corrected chi connectivity index (χ1v) is 14.1. The number of nitrogens with zero attached hydrogens (tertiary/aromatic N) is 1. The van der Waals surface area contributed by atoms with Gasteiger partial charge >= 0.3 is 12.1 Å². The first kappa shape index (κ1) is 29.8. The number of nitrogens with one attached hydrogen (secondary N) is 2. The Labute approximate surface area is 216 Å². The summed E-state index contributed by atoms with van der Waals surface area (Å²) in [6.07, 6.45) is 5.57. The molecule has 0 aromatic carbocycles. The Hall–Kier alpha value is -2.41. The van der Waals surface area contributed by atoms with Gasteiger partial charge < -0.3 is 25.0 Å². The molecule has 0 radical (unpaired) electrons. The van der Waals surface area contributed by atoms with E-state index in [1.807, 2.05) is 6.92 Å². The molecule has 1 heterocycles. The van der Waals surface area contributed by atoms with Crippen LogP contribution < -0.4 is 10.6 Å². The summed E-state index contributed by atoms with van der Waals surface area (Å²) in [5.74, 6) is -1.28. The molecule has 1 aliphatic carbocycles. The number of esters is 1. The van der Waals surface area contributed by atoms with E-state index in [9.17, 15) is 19.2 Å². The van der Waals surface area contributed by atoms with Crippen LogP contribution in [-0.4, -0.2) is 77.5 Å². The van der Waals surface area contributed by atoms with Gasteiger partial charge in [0.25, 0.3) is 0 Å². The van der Waals surface area contributed by atoms with Crippen molar-refractivity contribution >= 4 is 32.5 Å². The Morgan fingerprint density at radius 1 is 1.22 bits per heavy atom. The van der Waals surface area contributed by atoms with Crippen molar-refractivity contribution in [2.75, 3.05) is 25.5 Å². The van der Waals surface area contributed by atoms with Crippen molar-refractivity contribution in [3.63, 3.8) is 0 Å². The SMILES string of the molecule is C=CCPC[C@H](NC(=O)OC(C)(C)C)C(=O)N1C[C@H](CC)C[C@H]1C(=O)N[C@]1(C(=O)OCC)C[C@H]1C=C. The van der Waals surface area contributed by atoms with Crippen LogP contribution in [0.4, 0.5) is 4.79 Å². The van der Waals surface area contributed by atoms with Crippen LogP contribution in [0.15, 0.2) is 25.3 Å². The van der Waals surface area contributed by atoms with E-state index in [1.165, 1.54) is 0 Å². The van der Waals surface area contributed by atoms with Gasteiger partial charge in [0, 0.05) is 12.5 Å². The van der Waals surface area contributed by atoms with Crippen molar-refractivity contribution in [2.45, 2.75) is 77.1 Å². The predicted molar refractivity (Wildman–Crippen MR) is 141 cm³/mol. The Bertz CT molecular complexity index is 857. The van der Waals surface area contributed by atoms with Crippen molar-refractivity contribution in [3.05, 3.63) is 25.3 Å². The zero-order valence-corrected chi connectivity index (χ0v) is 23.2. The second kappa shape index (κ2) is 12.7. The van der Waals surface area contributed by atoms with Crippen LogP contribution in [0.25, 0.3) is 0 Å². The molecule has 2 rings (SSSR count). The number of amides is 3. The number of allylic oxidation sites excluding steroid dienone is 1. The molecule has 3 amide bonds. The molecule has 1 saturated heterocycles. The van der Waals surface area contributed by atoms with Gasteiger partial charge in [-0.2, -0.15) is 0 Å². The van der Waals surface area contributed by atoms with Gasteiger partial charge in [-0.3, -0.25) is 9.59 Å². The Morgan fingerprint density at radius 3 is 2.44 bits per heavy atom. The molecule has 0 bridgehead atoms. The molecule has 202 valence electrons. The van der Waals surface area contributed by atoms with E-state index in [4.69, 9.17) is 9.47 Å². The average molecular weight is 524 g/mol. The minimum Gasteiger partial charge on any atom is -0.464 e. The van der Waals surface area contributed by atoms with Crippen LogP contribution in [0.2, 0.25) is 0 Å². The quantitative estimate of drug-likeness (QED) is 0.176. The van der Waals surface area contributed by atoms with E-state index in [-0.39, 0.29) is 30.3 Å². The summed E-state index contributed by atoms with van der Waals surface area (Å²) >= 11 is 0. The maximum atomic E-state index is 13.7. The van der Waals surface area contributed by atoms with Gasteiger partial charge in [0.05, 0.1) is 6.61 Å². The van der Waals surface area contributed by atoms with Crippen LogP contribution in [-0.2, 0) is 23.9 Å². The van der Waals surface area contributed by atoms with Crippen molar-refractivity contribution in [2.24, 2.45) is 11.8 Å². The number of ether oxygens (including phenoxy) is 2. The number of alkyl carbamates (subject to hydrolysis) is 1. The second-order valence-corrected chi connectivity index (χ2v) is 11.7. The van der Waals surface area contributed by atoms with Crippen LogP contribution in [0.1, 0.15) is 53.9 Å². The van der Waals surface area contributed by atoms with E-state index in [2.05, 4.69) is 23.8 Å². The normalized spacial score (nSPS) is 26.2. The summed E-state index contributed by atoms with van der Waals surface area (Å²) in [5, 5.41) is 5.60. The highest BCUT2D eigenvalue weighted by atomic mass is 31.1. The van der Waals surface area contributed by atoms with E-state index in [0.717, 1.165) is 6.42 Å². The van der Waals surface area contributed by atoms with Crippen LogP contribution in [0, 0.1) is 11.8 Å². The third kappa shape index (κ3) is 7.55. The van der Waals surface area contributed by atoms with Gasteiger partial charge in [0.15, 0.2) is 0 Å². The molecule has 0 spiro atoms. The minimum atomic E-state index is -1.13. The first-order chi connectivity index (χ1) is 16.9. The average Bonchev–Trinajstić information content (AvgIpc) is 3.34. The molecule has 6 atom stereocenters. The standard InChI is InChI=1S/C26H42N3O6P/c1-8-12-36-16-19(27-24(33)35-25(5,6)7)22(31)29-15-17(9-2)13-20(29)21(30)28-26(14-18(26)10-3)23(32)34-11-4/h8,10,17-20,36H,1,3,9,11-16H2,2,4-7H3,(H,27,33)(H,28,30)/t17-,18-,19+,20+,26-/m1/s1. The third-order valence-corrected chi connectivity index (χ3v) is 7.74. The molecule has 10 heteroatoms. The van der Waals surface area contributed by atoms with Gasteiger partial charge in [-0.15, -0.1) is 21.7 Å². The Morgan fingerprint density at radius 2 is 1.92 bits per heavy atom. The molecular weight excluding hydrogens is 481 g/mol. The lowest BCUT2D eigenvalue weighted by Crippen LogP contribution is -2.57. The lowest BCUT2D eigenvalue weighted by molar-refractivity contribution is -0.150. The van der Waals surface area contributed by atoms with Gasteiger partial charge in [-0.25, -0.2) is 9.59 Å². The molecule has 2 aliphatic rings. The summed E-state index contributed by atoms with van der Waals surface area (Å²) < 4.78 is 10.6. The molecule has 9 nitrogen and oxygen atoms in total. The molecule has 1 unspecified atom stereocenters. The fourth-order valence-corrected chi connectivity index (χ4v) is 5.39. The lowest BCUT2D eigenvalue weighted by Gasteiger charge is -2.30. The van der Waals surface area contributed by atoms with Crippen molar-refractivity contribution in [1.82, 2.24) is 15.5 Å². The smallest absolute Gasteiger partial charge is 0.408 e. The fourth-order valence-electron chi connectivity index (χ4n) is 4.46. The van der Waals surface area contributed by atoms with Gasteiger partial charge in [0.2, 0.25) is 11.8 Å². The number of hydrogen-bond donors (Lipinski definition) is 2. The van der Waals surface area contributed by atoms with Crippen molar-refractivity contribution < 1.29 is 28.7 Å². The summed E-state index contributed by atoms with van der Waals surface area (Å²) in [5.41, 5.74) is -1.84. The van der Waals surface area contributed by atoms with Crippen molar-refractivity contribution in [3.8, 4) is 0 Å². The van der Waals surface area contributed by atoms with Gasteiger partial charge in [0.1, 0.15) is 23.2 Å². The molecular formula is C26H42N3O6P. The summed E-state index contributed by atoms with van der Waals surface area (Å²) in [4.78, 5) is 53.9. The lowest BCUT2D eigenvalue weighted by atomic mass is 10.0. The topological polar surface area (TPSA) is 114 Å². The fraction of sp³-hybridized carbons (Fsp3) is 0.692. The van der Waals surface area contributed by atoms with Crippen molar-refractivity contribution in [1.29, 1.82) is 0 Å². The molecule has 0 aromatic rings. The Kier molecular flexibility index (Phi) is 10.5. The predicted octanol–water partition coefficient (Wildman–Crippen LogP) is 3.00. The number of carbonyl (C=O) groups is 4. The van der Waals surface area contributed by atoms with E-state index >= 15 is 0 Å². The largest absolute Gasteiger partial charge is 0.464 e. The van der Waals surface area contributed by atoms with E-state index in [0.29, 0.717) is 40.3 Å². The third-order valence-electron chi connectivity index (χ3n) is 6.46. The number of likely N-dealkylation sites (tertiary alicyclic amines) is 1. The van der Waals surface area contributed by atoms with Gasteiger partial charge in [-0.1, -0.05) is 25.5 Å². The van der Waals surface area contributed by atoms with Crippen LogP contribution in [0.3, 0.4) is 0 Å². The molecule has 2 fully saturated rings. The highest BCUT2D eigenvalue weighted by molar-refractivity contribution is 7.38. The first-order valence-electron chi connectivity index (χ1n) is 12.7. The zero-order valence-electron chi connectivity index (χ0n) is 22.2. The molecule has 36 heavy (non-hydrogen) atoms. The molecule has 1 aliphatic heterocycles. The highest BCUT2D eigenvalue weighted by Crippen LogP contribution is 2.45. The Balaban J connectivity index is 2.23. The van der Waals surface area contributed by atoms with E-state index < -0.39 is 35.3 Å². The molecule has 2 N–H and O–H groups in total. The number of carbonyl (C=O) groups excluding carboxylic acids is 4. The highest BCUT2D eigenvalue weighted by Gasteiger charge is 2.62. The van der Waals surface area contributed by atoms with Crippen LogP contribution in [0.5, 0.6) is 0 Å². The monoisotopic (exact) mass is 523 g/mol. The minimum absolute atomic E-state index is 0.135. The number of hydrogen-bond acceptors (Lipinski definition) is 6. The maximum absolute atomic E-state index is 13.7. The maximum Gasteiger partial charge on any atom is 0.408 e. The van der Waals surface area contributed by atoms with Crippen LogP contribution >= 0.6 is 8.58 Å². The summed E-state index contributed by atoms with van der Waals surface area (Å²) in [7, 11) is 0.375. The zero-order chi connectivity index (χ0) is 27.1.